The van der Waals surface area contributed by atoms with Crippen LogP contribution in [0.2, 0.25) is 0 Å². The molecule has 1 saturated carbocycles. The lowest BCUT2D eigenvalue weighted by Crippen LogP contribution is -2.56. The van der Waals surface area contributed by atoms with Gasteiger partial charge >= 0.3 is 0 Å². The third kappa shape index (κ3) is 2.83. The normalized spacial score (nSPS) is 16.0. The Labute approximate surface area is 124 Å². The van der Waals surface area contributed by atoms with Crippen LogP contribution in [-0.2, 0) is 0 Å². The molecule has 2 aromatic carbocycles. The predicted molar refractivity (Wildman–Crippen MR) is 83.0 cm³/mol. The van der Waals surface area contributed by atoms with E-state index in [0.717, 1.165) is 30.4 Å². The summed E-state index contributed by atoms with van der Waals surface area (Å²) in [5.74, 6) is -0.108. The molecular weight excluding hydrogens is 262 g/mol. The van der Waals surface area contributed by atoms with Crippen LogP contribution in [0.1, 0.15) is 29.6 Å². The minimum Gasteiger partial charge on any atom is -0.394 e. The van der Waals surface area contributed by atoms with Crippen molar-refractivity contribution in [1.82, 2.24) is 5.32 Å². The zero-order valence-electron chi connectivity index (χ0n) is 11.9. The van der Waals surface area contributed by atoms with E-state index in [4.69, 9.17) is 0 Å². The van der Waals surface area contributed by atoms with Gasteiger partial charge in [0.05, 0.1) is 12.1 Å². The maximum atomic E-state index is 12.2. The summed E-state index contributed by atoms with van der Waals surface area (Å²) in [5, 5.41) is 12.4. The van der Waals surface area contributed by atoms with Gasteiger partial charge in [0.15, 0.2) is 0 Å². The molecule has 2 aromatic rings. The quantitative estimate of drug-likeness (QED) is 0.905. The van der Waals surface area contributed by atoms with Crippen LogP contribution in [0.25, 0.3) is 11.1 Å². The molecule has 0 radical (unpaired) electrons. The Morgan fingerprint density at radius 1 is 1.00 bits per heavy atom. The molecule has 1 aliphatic rings. The van der Waals surface area contributed by atoms with Gasteiger partial charge < -0.3 is 10.4 Å². The Hall–Kier alpha value is -2.13. The fraction of sp³-hybridized carbons (Fsp3) is 0.278. The second kappa shape index (κ2) is 5.70. The molecule has 0 heterocycles. The van der Waals surface area contributed by atoms with Crippen molar-refractivity contribution in [2.45, 2.75) is 24.8 Å². The molecule has 2 N–H and O–H groups in total. The number of carbonyl (C=O) groups excluding carboxylic acids is 1. The van der Waals surface area contributed by atoms with Gasteiger partial charge in [-0.25, -0.2) is 0 Å². The molecule has 0 unspecified atom stereocenters. The Balaban J connectivity index is 1.73. The molecule has 0 aromatic heterocycles. The highest BCUT2D eigenvalue weighted by Gasteiger charge is 2.37. The first-order valence-electron chi connectivity index (χ1n) is 7.31. The average molecular weight is 281 g/mol. The van der Waals surface area contributed by atoms with Crippen LogP contribution in [0.15, 0.2) is 54.6 Å². The third-order valence-corrected chi connectivity index (χ3v) is 4.25. The van der Waals surface area contributed by atoms with Crippen LogP contribution < -0.4 is 5.32 Å². The van der Waals surface area contributed by atoms with Crippen molar-refractivity contribution < 1.29 is 9.90 Å². The second-order valence-corrected chi connectivity index (χ2v) is 5.69. The summed E-state index contributed by atoms with van der Waals surface area (Å²) in [5.41, 5.74) is 2.46. The van der Waals surface area contributed by atoms with Crippen molar-refractivity contribution >= 4 is 5.91 Å². The minimum atomic E-state index is -0.394. The first-order chi connectivity index (χ1) is 10.2. The van der Waals surface area contributed by atoms with Crippen molar-refractivity contribution in [3.8, 4) is 11.1 Å². The molecule has 0 bridgehead atoms. The molecule has 3 heteroatoms. The van der Waals surface area contributed by atoms with E-state index < -0.39 is 5.54 Å². The number of aliphatic hydroxyl groups excluding tert-OH is 1. The van der Waals surface area contributed by atoms with Crippen LogP contribution in [0.5, 0.6) is 0 Å². The third-order valence-electron chi connectivity index (χ3n) is 4.25. The molecule has 1 aliphatic carbocycles. The monoisotopic (exact) mass is 281 g/mol. The zero-order valence-corrected chi connectivity index (χ0v) is 11.9. The molecule has 3 nitrogen and oxygen atoms in total. The predicted octanol–water partition coefficient (Wildman–Crippen LogP) is 3.00. The summed E-state index contributed by atoms with van der Waals surface area (Å²) < 4.78 is 0. The van der Waals surface area contributed by atoms with Gasteiger partial charge in [0.2, 0.25) is 0 Å². The summed E-state index contributed by atoms with van der Waals surface area (Å²) in [6, 6.07) is 17.7. The number of amides is 1. The standard InChI is InChI=1S/C18H19NO2/c20-13-18(11-4-12-18)19-17(21)16-9-7-15(8-10-16)14-5-2-1-3-6-14/h1-3,5-10,20H,4,11-13H2,(H,19,21). The van der Waals surface area contributed by atoms with Gasteiger partial charge in [-0.05, 0) is 42.5 Å². The van der Waals surface area contributed by atoms with Crippen molar-refractivity contribution in [3.05, 3.63) is 60.2 Å². The van der Waals surface area contributed by atoms with E-state index in [9.17, 15) is 9.90 Å². The van der Waals surface area contributed by atoms with Crippen molar-refractivity contribution in [1.29, 1.82) is 0 Å². The van der Waals surface area contributed by atoms with Gasteiger partial charge in [-0.15, -0.1) is 0 Å². The molecule has 0 spiro atoms. The van der Waals surface area contributed by atoms with E-state index in [0.29, 0.717) is 5.56 Å². The molecule has 0 aliphatic heterocycles. The van der Waals surface area contributed by atoms with Crippen LogP contribution in [0.4, 0.5) is 0 Å². The van der Waals surface area contributed by atoms with Crippen LogP contribution >= 0.6 is 0 Å². The Bertz CT molecular complexity index is 610. The van der Waals surface area contributed by atoms with E-state index in [1.807, 2.05) is 54.6 Å². The first-order valence-corrected chi connectivity index (χ1v) is 7.31. The van der Waals surface area contributed by atoms with Crippen LogP contribution in [0.3, 0.4) is 0 Å². The highest BCUT2D eigenvalue weighted by Crippen LogP contribution is 2.31. The van der Waals surface area contributed by atoms with Crippen molar-refractivity contribution in [2.24, 2.45) is 0 Å². The fourth-order valence-electron chi connectivity index (χ4n) is 2.68. The number of nitrogens with one attached hydrogen (secondary N) is 1. The van der Waals surface area contributed by atoms with Gasteiger partial charge in [-0.3, -0.25) is 4.79 Å². The number of carbonyl (C=O) groups is 1. The minimum absolute atomic E-state index is 0.0147. The maximum absolute atomic E-state index is 12.2. The number of benzene rings is 2. The average Bonchev–Trinajstić information content (AvgIpc) is 2.52. The van der Waals surface area contributed by atoms with E-state index in [-0.39, 0.29) is 12.5 Å². The number of hydrogen-bond donors (Lipinski definition) is 2. The second-order valence-electron chi connectivity index (χ2n) is 5.69. The van der Waals surface area contributed by atoms with Crippen molar-refractivity contribution in [3.63, 3.8) is 0 Å². The fourth-order valence-corrected chi connectivity index (χ4v) is 2.68. The van der Waals surface area contributed by atoms with E-state index in [1.54, 1.807) is 0 Å². The number of rotatable bonds is 4. The van der Waals surface area contributed by atoms with Gasteiger partial charge in [0, 0.05) is 5.56 Å². The lowest BCUT2D eigenvalue weighted by molar-refractivity contribution is 0.0641. The molecule has 0 atom stereocenters. The van der Waals surface area contributed by atoms with Crippen LogP contribution in [-0.4, -0.2) is 23.2 Å². The molecular formula is C18H19NO2. The van der Waals surface area contributed by atoms with Gasteiger partial charge in [0.1, 0.15) is 0 Å². The summed E-state index contributed by atoms with van der Waals surface area (Å²) in [6.45, 7) is 0.0147. The highest BCUT2D eigenvalue weighted by atomic mass is 16.3. The number of aliphatic hydroxyl groups is 1. The molecule has 21 heavy (non-hydrogen) atoms. The lowest BCUT2D eigenvalue weighted by Gasteiger charge is -2.40. The Kier molecular flexibility index (Phi) is 3.76. The zero-order chi connectivity index (χ0) is 14.7. The van der Waals surface area contributed by atoms with Crippen LogP contribution in [0, 0.1) is 0 Å². The summed E-state index contributed by atoms with van der Waals surface area (Å²) in [7, 11) is 0. The van der Waals surface area contributed by atoms with Gasteiger partial charge in [0.25, 0.3) is 5.91 Å². The molecule has 3 rings (SSSR count). The van der Waals surface area contributed by atoms with E-state index in [2.05, 4.69) is 5.32 Å². The molecule has 0 saturated heterocycles. The summed E-state index contributed by atoms with van der Waals surface area (Å²) >= 11 is 0. The first kappa shape index (κ1) is 13.8. The van der Waals surface area contributed by atoms with Gasteiger partial charge in [-0.2, -0.15) is 0 Å². The lowest BCUT2D eigenvalue weighted by atomic mass is 9.77. The molecule has 1 fully saturated rings. The Morgan fingerprint density at radius 3 is 2.14 bits per heavy atom. The number of hydrogen-bond acceptors (Lipinski definition) is 2. The maximum Gasteiger partial charge on any atom is 0.251 e. The summed E-state index contributed by atoms with van der Waals surface area (Å²) in [6.07, 6.45) is 2.78. The molecule has 108 valence electrons. The molecule has 1 amide bonds. The smallest absolute Gasteiger partial charge is 0.251 e. The van der Waals surface area contributed by atoms with Gasteiger partial charge in [-0.1, -0.05) is 42.5 Å². The summed E-state index contributed by atoms with van der Waals surface area (Å²) in [4.78, 5) is 12.2. The van der Waals surface area contributed by atoms with E-state index >= 15 is 0 Å². The van der Waals surface area contributed by atoms with Crippen molar-refractivity contribution in [2.75, 3.05) is 6.61 Å². The topological polar surface area (TPSA) is 49.3 Å². The Morgan fingerprint density at radius 2 is 1.62 bits per heavy atom. The largest absolute Gasteiger partial charge is 0.394 e. The highest BCUT2D eigenvalue weighted by molar-refractivity contribution is 5.95. The SMILES string of the molecule is O=C(NC1(CO)CCC1)c1ccc(-c2ccccc2)cc1. The van der Waals surface area contributed by atoms with E-state index in [1.165, 1.54) is 0 Å².